The standard InChI is InChI=1S/C9H14N2/c1-3-7-5-6-11-9(10)8(7)4-2/h5-6H,3-4H2,1-2H3,(H2,10,11). The van der Waals surface area contributed by atoms with Gasteiger partial charge in [-0.2, -0.15) is 0 Å². The quantitative estimate of drug-likeness (QED) is 0.698. The fourth-order valence-corrected chi connectivity index (χ4v) is 1.29. The molecule has 1 rings (SSSR count). The van der Waals surface area contributed by atoms with Crippen molar-refractivity contribution >= 4 is 5.82 Å². The van der Waals surface area contributed by atoms with Crippen LogP contribution in [0.2, 0.25) is 0 Å². The first kappa shape index (κ1) is 8.05. The van der Waals surface area contributed by atoms with Gasteiger partial charge in [0.15, 0.2) is 0 Å². The first-order valence-electron chi connectivity index (χ1n) is 4.01. The van der Waals surface area contributed by atoms with Crippen LogP contribution < -0.4 is 5.73 Å². The van der Waals surface area contributed by atoms with E-state index in [4.69, 9.17) is 5.73 Å². The van der Waals surface area contributed by atoms with Crippen molar-refractivity contribution in [3.05, 3.63) is 23.4 Å². The topological polar surface area (TPSA) is 38.9 Å². The molecule has 60 valence electrons. The van der Waals surface area contributed by atoms with Gasteiger partial charge in [0.05, 0.1) is 0 Å². The second-order valence-corrected chi connectivity index (χ2v) is 2.54. The van der Waals surface area contributed by atoms with E-state index in [0.29, 0.717) is 5.82 Å². The summed E-state index contributed by atoms with van der Waals surface area (Å²) in [6, 6.07) is 2.04. The third kappa shape index (κ3) is 1.50. The van der Waals surface area contributed by atoms with Crippen molar-refractivity contribution < 1.29 is 0 Å². The van der Waals surface area contributed by atoms with Crippen LogP contribution in [0.25, 0.3) is 0 Å². The molecule has 0 unspecified atom stereocenters. The Labute approximate surface area is 67.5 Å². The molecule has 11 heavy (non-hydrogen) atoms. The van der Waals surface area contributed by atoms with Crippen molar-refractivity contribution in [3.8, 4) is 0 Å². The summed E-state index contributed by atoms with van der Waals surface area (Å²) in [5.41, 5.74) is 8.22. The van der Waals surface area contributed by atoms with E-state index in [-0.39, 0.29) is 0 Å². The van der Waals surface area contributed by atoms with Crippen LogP contribution in [-0.4, -0.2) is 4.98 Å². The fraction of sp³-hybridized carbons (Fsp3) is 0.444. The lowest BCUT2D eigenvalue weighted by atomic mass is 10.1. The van der Waals surface area contributed by atoms with E-state index < -0.39 is 0 Å². The SMILES string of the molecule is CCc1ccnc(N)c1CC. The maximum atomic E-state index is 5.70. The predicted octanol–water partition coefficient (Wildman–Crippen LogP) is 1.79. The van der Waals surface area contributed by atoms with Gasteiger partial charge in [-0.05, 0) is 30.0 Å². The number of rotatable bonds is 2. The Balaban J connectivity index is 3.13. The zero-order valence-electron chi connectivity index (χ0n) is 7.09. The molecule has 0 aliphatic carbocycles. The van der Waals surface area contributed by atoms with E-state index in [1.165, 1.54) is 11.1 Å². The normalized spacial score (nSPS) is 10.0. The molecule has 2 N–H and O–H groups in total. The molecule has 0 amide bonds. The van der Waals surface area contributed by atoms with Crippen molar-refractivity contribution in [1.82, 2.24) is 4.98 Å². The average molecular weight is 150 g/mol. The van der Waals surface area contributed by atoms with Gasteiger partial charge >= 0.3 is 0 Å². The Morgan fingerprint density at radius 1 is 1.36 bits per heavy atom. The molecular formula is C9H14N2. The largest absolute Gasteiger partial charge is 0.383 e. The van der Waals surface area contributed by atoms with Gasteiger partial charge in [-0.15, -0.1) is 0 Å². The summed E-state index contributed by atoms with van der Waals surface area (Å²) in [5, 5.41) is 0. The summed E-state index contributed by atoms with van der Waals surface area (Å²) in [5.74, 6) is 0.687. The van der Waals surface area contributed by atoms with Crippen LogP contribution in [0.3, 0.4) is 0 Å². The molecule has 2 nitrogen and oxygen atoms in total. The number of nitrogens with two attached hydrogens (primary N) is 1. The highest BCUT2D eigenvalue weighted by Crippen LogP contribution is 2.14. The van der Waals surface area contributed by atoms with Crippen LogP contribution in [0, 0.1) is 0 Å². The lowest BCUT2D eigenvalue weighted by Gasteiger charge is -2.06. The number of hydrogen-bond donors (Lipinski definition) is 1. The van der Waals surface area contributed by atoms with Crippen molar-refractivity contribution in [1.29, 1.82) is 0 Å². The Morgan fingerprint density at radius 3 is 2.55 bits per heavy atom. The number of nitrogens with zero attached hydrogens (tertiary/aromatic N) is 1. The Kier molecular flexibility index (Phi) is 2.47. The summed E-state index contributed by atoms with van der Waals surface area (Å²) in [7, 11) is 0. The third-order valence-corrected chi connectivity index (χ3v) is 1.92. The molecule has 0 saturated carbocycles. The van der Waals surface area contributed by atoms with E-state index in [9.17, 15) is 0 Å². The minimum Gasteiger partial charge on any atom is -0.383 e. The summed E-state index contributed by atoms with van der Waals surface area (Å²) in [4.78, 5) is 4.04. The maximum Gasteiger partial charge on any atom is 0.126 e. The minimum atomic E-state index is 0.687. The molecule has 1 aromatic rings. The smallest absolute Gasteiger partial charge is 0.126 e. The lowest BCUT2D eigenvalue weighted by Crippen LogP contribution is -2.00. The lowest BCUT2D eigenvalue weighted by molar-refractivity contribution is 1.02. The number of hydrogen-bond acceptors (Lipinski definition) is 2. The molecule has 2 heteroatoms. The second-order valence-electron chi connectivity index (χ2n) is 2.54. The molecule has 1 aromatic heterocycles. The van der Waals surface area contributed by atoms with Crippen molar-refractivity contribution in [3.63, 3.8) is 0 Å². The highest BCUT2D eigenvalue weighted by atomic mass is 14.8. The zero-order valence-corrected chi connectivity index (χ0v) is 7.09. The molecule has 0 aliphatic rings. The van der Waals surface area contributed by atoms with Crippen LogP contribution in [0.1, 0.15) is 25.0 Å². The number of aryl methyl sites for hydroxylation is 1. The monoisotopic (exact) mass is 150 g/mol. The van der Waals surface area contributed by atoms with Gasteiger partial charge in [0.1, 0.15) is 5.82 Å². The molecule has 0 aromatic carbocycles. The second kappa shape index (κ2) is 3.37. The summed E-state index contributed by atoms with van der Waals surface area (Å²) >= 11 is 0. The number of aromatic nitrogens is 1. The van der Waals surface area contributed by atoms with Gasteiger partial charge in [0.2, 0.25) is 0 Å². The number of anilines is 1. The summed E-state index contributed by atoms with van der Waals surface area (Å²) in [6.07, 6.45) is 3.78. The maximum absolute atomic E-state index is 5.70. The Morgan fingerprint density at radius 2 is 2.09 bits per heavy atom. The zero-order chi connectivity index (χ0) is 8.27. The average Bonchev–Trinajstić information content (AvgIpc) is 2.04. The first-order valence-corrected chi connectivity index (χ1v) is 4.01. The van der Waals surface area contributed by atoms with Gasteiger partial charge in [0, 0.05) is 6.20 Å². The first-order chi connectivity index (χ1) is 5.29. The Hall–Kier alpha value is -1.05. The summed E-state index contributed by atoms with van der Waals surface area (Å²) < 4.78 is 0. The number of pyridine rings is 1. The molecular weight excluding hydrogens is 136 g/mol. The molecule has 0 radical (unpaired) electrons. The minimum absolute atomic E-state index is 0.687. The fourth-order valence-electron chi connectivity index (χ4n) is 1.29. The number of nitrogen functional groups attached to an aromatic ring is 1. The molecule has 0 spiro atoms. The van der Waals surface area contributed by atoms with Crippen molar-refractivity contribution in [2.24, 2.45) is 0 Å². The van der Waals surface area contributed by atoms with Crippen LogP contribution in [0.15, 0.2) is 12.3 Å². The molecule has 0 saturated heterocycles. The molecule has 0 fully saturated rings. The van der Waals surface area contributed by atoms with Crippen LogP contribution in [0.5, 0.6) is 0 Å². The summed E-state index contributed by atoms with van der Waals surface area (Å²) in [6.45, 7) is 4.24. The highest BCUT2D eigenvalue weighted by molar-refractivity contribution is 5.44. The van der Waals surface area contributed by atoms with E-state index in [0.717, 1.165) is 12.8 Å². The van der Waals surface area contributed by atoms with Gasteiger partial charge in [-0.1, -0.05) is 13.8 Å². The molecule has 0 atom stereocenters. The van der Waals surface area contributed by atoms with Gasteiger partial charge in [0.25, 0.3) is 0 Å². The van der Waals surface area contributed by atoms with Crippen molar-refractivity contribution in [2.75, 3.05) is 5.73 Å². The van der Waals surface area contributed by atoms with Gasteiger partial charge < -0.3 is 5.73 Å². The molecule has 0 aliphatic heterocycles. The van der Waals surface area contributed by atoms with E-state index in [1.807, 2.05) is 6.07 Å². The highest BCUT2D eigenvalue weighted by Gasteiger charge is 2.01. The van der Waals surface area contributed by atoms with Crippen LogP contribution in [-0.2, 0) is 12.8 Å². The van der Waals surface area contributed by atoms with Crippen LogP contribution in [0.4, 0.5) is 5.82 Å². The van der Waals surface area contributed by atoms with Gasteiger partial charge in [-0.3, -0.25) is 0 Å². The van der Waals surface area contributed by atoms with E-state index in [1.54, 1.807) is 6.20 Å². The molecule has 1 heterocycles. The van der Waals surface area contributed by atoms with Crippen LogP contribution >= 0.6 is 0 Å². The van der Waals surface area contributed by atoms with Crippen molar-refractivity contribution in [2.45, 2.75) is 26.7 Å². The molecule has 0 bridgehead atoms. The van der Waals surface area contributed by atoms with E-state index >= 15 is 0 Å². The third-order valence-electron chi connectivity index (χ3n) is 1.92. The van der Waals surface area contributed by atoms with Gasteiger partial charge in [-0.25, -0.2) is 4.98 Å². The Bertz CT molecular complexity index is 243. The predicted molar refractivity (Wildman–Crippen MR) is 47.4 cm³/mol. The van der Waals surface area contributed by atoms with E-state index in [2.05, 4.69) is 18.8 Å².